The van der Waals surface area contributed by atoms with E-state index >= 15 is 0 Å². The standard InChI is InChI=1S/C28H35N7O/c1-18(2)35-27-25(17-31-35)22(15-30-16-24-19(3)13-20(4)32-28(24)36)14-26(33-27)21-5-7-23(8-6-21)34-11-9-29-10-12-34/h5-8,13-14,17-18,29-30H,9-12,15-16H2,1-4H3,(H,32,36). The summed E-state index contributed by atoms with van der Waals surface area (Å²) in [7, 11) is 0. The lowest BCUT2D eigenvalue weighted by Crippen LogP contribution is -2.43. The molecule has 8 heteroatoms. The van der Waals surface area contributed by atoms with Gasteiger partial charge in [-0.25, -0.2) is 9.67 Å². The Labute approximate surface area is 211 Å². The predicted molar refractivity (Wildman–Crippen MR) is 146 cm³/mol. The molecule has 3 aromatic heterocycles. The van der Waals surface area contributed by atoms with E-state index < -0.39 is 0 Å². The molecule has 0 saturated carbocycles. The summed E-state index contributed by atoms with van der Waals surface area (Å²) in [6, 6.07) is 13.1. The zero-order valence-electron chi connectivity index (χ0n) is 21.6. The number of hydrogen-bond acceptors (Lipinski definition) is 6. The fourth-order valence-corrected chi connectivity index (χ4v) is 4.94. The summed E-state index contributed by atoms with van der Waals surface area (Å²) >= 11 is 0. The van der Waals surface area contributed by atoms with Gasteiger partial charge in [-0.05, 0) is 63.1 Å². The number of benzene rings is 1. The summed E-state index contributed by atoms with van der Waals surface area (Å²) in [5.41, 5.74) is 7.88. The lowest BCUT2D eigenvalue weighted by Gasteiger charge is -2.29. The van der Waals surface area contributed by atoms with Crippen LogP contribution in [0.1, 0.15) is 42.3 Å². The van der Waals surface area contributed by atoms with Gasteiger partial charge in [-0.1, -0.05) is 12.1 Å². The number of H-pyrrole nitrogens is 1. The minimum absolute atomic E-state index is 0.0298. The van der Waals surface area contributed by atoms with Gasteiger partial charge in [-0.2, -0.15) is 5.10 Å². The van der Waals surface area contributed by atoms with Crippen LogP contribution in [0.15, 0.2) is 47.4 Å². The van der Waals surface area contributed by atoms with Crippen molar-refractivity contribution in [1.82, 2.24) is 30.4 Å². The van der Waals surface area contributed by atoms with E-state index in [9.17, 15) is 4.79 Å². The molecule has 36 heavy (non-hydrogen) atoms. The summed E-state index contributed by atoms with van der Waals surface area (Å²) in [4.78, 5) is 22.8. The van der Waals surface area contributed by atoms with Crippen LogP contribution in [-0.4, -0.2) is 45.9 Å². The van der Waals surface area contributed by atoms with E-state index in [0.717, 1.165) is 70.9 Å². The Kier molecular flexibility index (Phi) is 6.89. The SMILES string of the molecule is Cc1cc(C)c(CNCc2cc(-c3ccc(N4CCNCC4)cc3)nc3c2cnn3C(C)C)c(=O)[nH]1. The zero-order chi connectivity index (χ0) is 25.2. The third kappa shape index (κ3) is 4.92. The molecule has 8 nitrogen and oxygen atoms in total. The molecule has 0 spiro atoms. The highest BCUT2D eigenvalue weighted by Crippen LogP contribution is 2.28. The van der Waals surface area contributed by atoms with Crippen molar-refractivity contribution >= 4 is 16.7 Å². The summed E-state index contributed by atoms with van der Waals surface area (Å²) in [6.45, 7) is 13.3. The molecule has 188 valence electrons. The van der Waals surface area contributed by atoms with Crippen LogP contribution in [0, 0.1) is 13.8 Å². The van der Waals surface area contributed by atoms with Crippen molar-refractivity contribution in [3.63, 3.8) is 0 Å². The maximum Gasteiger partial charge on any atom is 0.252 e. The summed E-state index contributed by atoms with van der Waals surface area (Å²) in [5, 5.41) is 12.6. The number of nitrogens with one attached hydrogen (secondary N) is 3. The lowest BCUT2D eigenvalue weighted by molar-refractivity contribution is 0.546. The van der Waals surface area contributed by atoms with Gasteiger partial charge in [-0.15, -0.1) is 0 Å². The topological polar surface area (TPSA) is 90.9 Å². The monoisotopic (exact) mass is 485 g/mol. The van der Waals surface area contributed by atoms with Gasteiger partial charge >= 0.3 is 0 Å². The van der Waals surface area contributed by atoms with Crippen molar-refractivity contribution in [2.24, 2.45) is 0 Å². The largest absolute Gasteiger partial charge is 0.369 e. The summed E-state index contributed by atoms with van der Waals surface area (Å²) in [6.07, 6.45) is 1.90. The number of aromatic amines is 1. The highest BCUT2D eigenvalue weighted by atomic mass is 16.1. The molecule has 0 atom stereocenters. The number of anilines is 1. The maximum atomic E-state index is 12.4. The maximum absolute atomic E-state index is 12.4. The highest BCUT2D eigenvalue weighted by Gasteiger charge is 2.16. The van der Waals surface area contributed by atoms with Crippen LogP contribution in [0.25, 0.3) is 22.3 Å². The molecule has 1 aromatic carbocycles. The Morgan fingerprint density at radius 3 is 2.50 bits per heavy atom. The number of nitrogens with zero attached hydrogens (tertiary/aromatic N) is 4. The first kappa shape index (κ1) is 24.2. The van der Waals surface area contributed by atoms with Crippen molar-refractivity contribution in [3.8, 4) is 11.3 Å². The fourth-order valence-electron chi connectivity index (χ4n) is 4.94. The predicted octanol–water partition coefficient (Wildman–Crippen LogP) is 3.68. The zero-order valence-corrected chi connectivity index (χ0v) is 21.6. The van der Waals surface area contributed by atoms with E-state index in [2.05, 4.69) is 69.8 Å². The highest BCUT2D eigenvalue weighted by molar-refractivity contribution is 5.82. The average Bonchev–Trinajstić information content (AvgIpc) is 3.31. The number of pyridine rings is 2. The summed E-state index contributed by atoms with van der Waals surface area (Å²) < 4.78 is 1.98. The van der Waals surface area contributed by atoms with Crippen LogP contribution in [0.3, 0.4) is 0 Å². The van der Waals surface area contributed by atoms with Crippen LogP contribution in [0.5, 0.6) is 0 Å². The van der Waals surface area contributed by atoms with E-state index in [-0.39, 0.29) is 11.6 Å². The van der Waals surface area contributed by atoms with Crippen LogP contribution < -0.4 is 21.1 Å². The molecule has 3 N–H and O–H groups in total. The van der Waals surface area contributed by atoms with Crippen LogP contribution in [0.2, 0.25) is 0 Å². The Hall–Kier alpha value is -3.49. The molecule has 4 heterocycles. The molecule has 0 aliphatic carbocycles. The van der Waals surface area contributed by atoms with Gasteiger partial charge in [-0.3, -0.25) is 4.79 Å². The fraction of sp³-hybridized carbons (Fsp3) is 0.393. The van der Waals surface area contributed by atoms with Gasteiger partial charge < -0.3 is 20.5 Å². The number of rotatable bonds is 7. The molecule has 5 rings (SSSR count). The van der Waals surface area contributed by atoms with Gasteiger partial charge in [0.25, 0.3) is 5.56 Å². The van der Waals surface area contributed by atoms with Gasteiger partial charge in [0.05, 0.1) is 11.9 Å². The van der Waals surface area contributed by atoms with Crippen LogP contribution >= 0.6 is 0 Å². The van der Waals surface area contributed by atoms with Crippen molar-refractivity contribution in [2.45, 2.75) is 46.8 Å². The van der Waals surface area contributed by atoms with E-state index in [1.807, 2.05) is 30.8 Å². The smallest absolute Gasteiger partial charge is 0.252 e. The van der Waals surface area contributed by atoms with Crippen molar-refractivity contribution in [2.75, 3.05) is 31.1 Å². The molecule has 1 saturated heterocycles. The number of fused-ring (bicyclic) bond motifs is 1. The second-order valence-corrected chi connectivity index (χ2v) is 9.92. The van der Waals surface area contributed by atoms with Gasteiger partial charge in [0.2, 0.25) is 0 Å². The second kappa shape index (κ2) is 10.2. The molecule has 1 aliphatic heterocycles. The molecular weight excluding hydrogens is 450 g/mol. The quantitative estimate of drug-likeness (QED) is 0.370. The first-order valence-corrected chi connectivity index (χ1v) is 12.7. The third-order valence-electron chi connectivity index (χ3n) is 6.90. The number of piperazine rings is 1. The lowest BCUT2D eigenvalue weighted by atomic mass is 10.1. The normalized spacial score (nSPS) is 14.2. The number of aromatic nitrogens is 4. The first-order valence-electron chi connectivity index (χ1n) is 12.7. The Morgan fingerprint density at radius 2 is 1.81 bits per heavy atom. The van der Waals surface area contributed by atoms with Gasteiger partial charge in [0.1, 0.15) is 0 Å². The minimum atomic E-state index is -0.0298. The third-order valence-corrected chi connectivity index (χ3v) is 6.90. The average molecular weight is 486 g/mol. The van der Waals surface area contributed by atoms with E-state index in [1.54, 1.807) is 0 Å². The minimum Gasteiger partial charge on any atom is -0.369 e. The molecule has 1 aliphatic rings. The Morgan fingerprint density at radius 1 is 1.06 bits per heavy atom. The van der Waals surface area contributed by atoms with Crippen molar-refractivity contribution in [1.29, 1.82) is 0 Å². The molecule has 0 bridgehead atoms. The molecule has 0 unspecified atom stereocenters. The van der Waals surface area contributed by atoms with E-state index in [1.165, 1.54) is 5.69 Å². The Bertz CT molecular complexity index is 1410. The number of hydrogen-bond donors (Lipinski definition) is 3. The molecule has 0 radical (unpaired) electrons. The molecule has 1 fully saturated rings. The molecular formula is C28H35N7O. The summed E-state index contributed by atoms with van der Waals surface area (Å²) in [5.74, 6) is 0. The first-order chi connectivity index (χ1) is 17.4. The second-order valence-electron chi connectivity index (χ2n) is 9.92. The molecule has 0 amide bonds. The van der Waals surface area contributed by atoms with Gasteiger partial charge in [0.15, 0.2) is 5.65 Å². The van der Waals surface area contributed by atoms with Gasteiger partial charge in [0, 0.05) is 73.2 Å². The van der Waals surface area contributed by atoms with Crippen LogP contribution in [-0.2, 0) is 13.1 Å². The van der Waals surface area contributed by atoms with Crippen LogP contribution in [0.4, 0.5) is 5.69 Å². The van der Waals surface area contributed by atoms with E-state index in [4.69, 9.17) is 4.98 Å². The van der Waals surface area contributed by atoms with E-state index in [0.29, 0.717) is 13.1 Å². The Balaban J connectivity index is 1.44. The molecule has 4 aromatic rings. The van der Waals surface area contributed by atoms with Crippen molar-refractivity contribution < 1.29 is 0 Å². The number of aryl methyl sites for hydroxylation is 2. The van der Waals surface area contributed by atoms with Crippen molar-refractivity contribution in [3.05, 3.63) is 75.3 Å².